The maximum Gasteiger partial charge on any atom is 0.264 e. The Bertz CT molecular complexity index is 1720. The molecule has 44 heavy (non-hydrogen) atoms. The summed E-state index contributed by atoms with van der Waals surface area (Å²) < 4.78 is 29.0. The van der Waals surface area contributed by atoms with E-state index in [0.717, 1.165) is 9.87 Å². The average Bonchev–Trinajstić information content (AvgIpc) is 3.01. The molecule has 0 saturated heterocycles. The summed E-state index contributed by atoms with van der Waals surface area (Å²) in [6.07, 6.45) is 0.160. The van der Waals surface area contributed by atoms with Gasteiger partial charge >= 0.3 is 0 Å². The predicted molar refractivity (Wildman–Crippen MR) is 177 cm³/mol. The van der Waals surface area contributed by atoms with E-state index in [-0.39, 0.29) is 38.6 Å². The summed E-state index contributed by atoms with van der Waals surface area (Å²) in [6.45, 7) is 1.30. The number of sulfonamides is 1. The Morgan fingerprint density at radius 1 is 0.818 bits per heavy atom. The first-order chi connectivity index (χ1) is 21.0. The van der Waals surface area contributed by atoms with Crippen molar-refractivity contribution in [3.8, 4) is 0 Å². The number of rotatable bonds is 12. The minimum atomic E-state index is -4.32. The van der Waals surface area contributed by atoms with Crippen LogP contribution in [0, 0.1) is 0 Å². The number of nitrogens with zero attached hydrogens (tertiary/aromatic N) is 2. The van der Waals surface area contributed by atoms with Crippen LogP contribution in [0.1, 0.15) is 18.1 Å². The number of nitrogens with one attached hydrogen (secondary N) is 1. The minimum absolute atomic E-state index is 0.0125. The molecular weight excluding hydrogens is 664 g/mol. The highest BCUT2D eigenvalue weighted by atomic mass is 35.5. The van der Waals surface area contributed by atoms with Crippen LogP contribution in [0.2, 0.25) is 20.1 Å². The van der Waals surface area contributed by atoms with Gasteiger partial charge < -0.3 is 10.2 Å². The molecule has 1 N–H and O–H groups in total. The van der Waals surface area contributed by atoms with Crippen molar-refractivity contribution in [2.45, 2.75) is 30.8 Å². The van der Waals surface area contributed by atoms with Crippen LogP contribution in [-0.4, -0.2) is 44.3 Å². The molecule has 1 atom stereocenters. The van der Waals surface area contributed by atoms with Gasteiger partial charge in [0.15, 0.2) is 0 Å². The Morgan fingerprint density at radius 2 is 1.48 bits per heavy atom. The highest BCUT2D eigenvalue weighted by Crippen LogP contribution is 2.36. The molecule has 0 radical (unpaired) electrons. The Kier molecular flexibility index (Phi) is 11.6. The number of amides is 2. The van der Waals surface area contributed by atoms with Gasteiger partial charge in [0.2, 0.25) is 11.8 Å². The molecule has 0 unspecified atom stereocenters. The number of likely N-dealkylation sites (N-methyl/N-ethyl adjacent to an activating group) is 1. The smallest absolute Gasteiger partial charge is 0.264 e. The molecule has 0 aliphatic rings. The van der Waals surface area contributed by atoms with Crippen LogP contribution < -0.4 is 9.62 Å². The van der Waals surface area contributed by atoms with Crippen molar-refractivity contribution in [1.82, 2.24) is 10.2 Å². The Labute approximate surface area is 277 Å². The van der Waals surface area contributed by atoms with Crippen LogP contribution >= 0.6 is 46.4 Å². The molecule has 0 aliphatic carbocycles. The summed E-state index contributed by atoms with van der Waals surface area (Å²) in [4.78, 5) is 29.3. The number of benzene rings is 4. The lowest BCUT2D eigenvalue weighted by molar-refractivity contribution is -0.140. The van der Waals surface area contributed by atoms with Gasteiger partial charge in [0.1, 0.15) is 12.6 Å². The number of anilines is 1. The van der Waals surface area contributed by atoms with Crippen LogP contribution in [-0.2, 0) is 32.6 Å². The molecule has 0 aromatic heterocycles. The predicted octanol–water partition coefficient (Wildman–Crippen LogP) is 7.27. The van der Waals surface area contributed by atoms with Gasteiger partial charge in [-0.25, -0.2) is 8.42 Å². The zero-order valence-electron chi connectivity index (χ0n) is 23.6. The zero-order valence-corrected chi connectivity index (χ0v) is 27.4. The molecule has 0 heterocycles. The molecule has 0 bridgehead atoms. The van der Waals surface area contributed by atoms with Crippen molar-refractivity contribution in [2.75, 3.05) is 17.4 Å². The summed E-state index contributed by atoms with van der Waals surface area (Å²) in [5.74, 6) is -1.08. The second kappa shape index (κ2) is 15.1. The molecule has 4 rings (SSSR count). The highest BCUT2D eigenvalue weighted by Gasteiger charge is 2.35. The fourth-order valence-electron chi connectivity index (χ4n) is 4.60. The van der Waals surface area contributed by atoms with E-state index in [1.807, 2.05) is 30.3 Å². The van der Waals surface area contributed by atoms with E-state index in [4.69, 9.17) is 46.4 Å². The van der Waals surface area contributed by atoms with Crippen LogP contribution in [0.5, 0.6) is 0 Å². The first kappa shape index (κ1) is 33.6. The molecule has 0 fully saturated rings. The van der Waals surface area contributed by atoms with Gasteiger partial charge in [-0.15, -0.1) is 0 Å². The lowest BCUT2D eigenvalue weighted by Crippen LogP contribution is -2.53. The second-order valence-corrected chi connectivity index (χ2v) is 13.2. The monoisotopic (exact) mass is 691 g/mol. The fraction of sp³-hybridized carbons (Fsp3) is 0.188. The summed E-state index contributed by atoms with van der Waals surface area (Å²) in [5, 5.41) is 3.57. The molecule has 0 saturated carbocycles. The zero-order chi connectivity index (χ0) is 31.9. The first-order valence-electron chi connectivity index (χ1n) is 13.6. The van der Waals surface area contributed by atoms with Crippen LogP contribution in [0.4, 0.5) is 5.69 Å². The fourth-order valence-corrected chi connectivity index (χ4v) is 6.96. The van der Waals surface area contributed by atoms with Crippen LogP contribution in [0.3, 0.4) is 0 Å². The van der Waals surface area contributed by atoms with Gasteiger partial charge in [0.25, 0.3) is 10.0 Å². The average molecular weight is 693 g/mol. The minimum Gasteiger partial charge on any atom is -0.355 e. The van der Waals surface area contributed by atoms with Gasteiger partial charge in [0.05, 0.1) is 20.6 Å². The van der Waals surface area contributed by atoms with Crippen molar-refractivity contribution in [3.05, 3.63) is 128 Å². The quantitative estimate of drug-likeness (QED) is 0.169. The second-order valence-electron chi connectivity index (χ2n) is 9.76. The molecule has 4 aromatic rings. The first-order valence-corrected chi connectivity index (χ1v) is 16.5. The molecule has 2 amide bonds. The van der Waals surface area contributed by atoms with E-state index in [1.165, 1.54) is 35.2 Å². The summed E-state index contributed by atoms with van der Waals surface area (Å²) in [7, 11) is -4.32. The Balaban J connectivity index is 1.84. The maximum atomic E-state index is 14.4. The van der Waals surface area contributed by atoms with E-state index in [9.17, 15) is 18.0 Å². The number of hydrogen-bond acceptors (Lipinski definition) is 4. The summed E-state index contributed by atoms with van der Waals surface area (Å²) >= 11 is 25.4. The van der Waals surface area contributed by atoms with Crippen molar-refractivity contribution in [1.29, 1.82) is 0 Å². The SMILES string of the molecule is CCNC(=O)[C@@H](Cc1ccccc1)N(Cc1ccc(Cl)cc1Cl)C(=O)CN(c1cccc(Cl)c1Cl)S(=O)(=O)c1ccccc1. The van der Waals surface area contributed by atoms with E-state index in [2.05, 4.69) is 5.32 Å². The lowest BCUT2D eigenvalue weighted by atomic mass is 10.0. The molecule has 12 heteroatoms. The number of carbonyl (C=O) groups excluding carboxylic acids is 2. The van der Waals surface area contributed by atoms with Crippen molar-refractivity contribution < 1.29 is 18.0 Å². The molecule has 0 aliphatic heterocycles. The Hall–Kier alpha value is -3.27. The molecule has 230 valence electrons. The van der Waals surface area contributed by atoms with Gasteiger partial charge in [-0.2, -0.15) is 0 Å². The summed E-state index contributed by atoms with van der Waals surface area (Å²) in [6, 6.07) is 25.2. The van der Waals surface area contributed by atoms with Gasteiger partial charge in [0, 0.05) is 29.6 Å². The van der Waals surface area contributed by atoms with E-state index in [1.54, 1.807) is 43.3 Å². The van der Waals surface area contributed by atoms with Crippen LogP contribution in [0.15, 0.2) is 102 Å². The topological polar surface area (TPSA) is 86.8 Å². The van der Waals surface area contributed by atoms with E-state index >= 15 is 0 Å². The molecule has 7 nitrogen and oxygen atoms in total. The third kappa shape index (κ3) is 8.06. The standard InChI is InChI=1S/C32H29Cl4N3O4S/c1-2-37-32(41)29(18-22-10-5-3-6-11-22)38(20-23-16-17-24(33)19-27(23)35)30(40)21-39(28-15-9-14-26(34)31(28)36)44(42,43)25-12-7-4-8-13-25/h3-17,19,29H,2,18,20-21H2,1H3,(H,37,41)/t29-/m1/s1. The van der Waals surface area contributed by atoms with E-state index < -0.39 is 34.4 Å². The van der Waals surface area contributed by atoms with Gasteiger partial charge in [-0.3, -0.25) is 13.9 Å². The van der Waals surface area contributed by atoms with Crippen molar-refractivity contribution in [2.24, 2.45) is 0 Å². The summed E-state index contributed by atoms with van der Waals surface area (Å²) in [5.41, 5.74) is 1.33. The highest BCUT2D eigenvalue weighted by molar-refractivity contribution is 7.92. The molecule has 4 aromatic carbocycles. The molecular formula is C32H29Cl4N3O4S. The normalized spacial score (nSPS) is 11.9. The van der Waals surface area contributed by atoms with Crippen molar-refractivity contribution in [3.63, 3.8) is 0 Å². The number of hydrogen-bond donors (Lipinski definition) is 1. The number of carbonyl (C=O) groups is 2. The van der Waals surface area contributed by atoms with Crippen LogP contribution in [0.25, 0.3) is 0 Å². The Morgan fingerprint density at radius 3 is 2.11 bits per heavy atom. The van der Waals surface area contributed by atoms with E-state index in [0.29, 0.717) is 17.1 Å². The van der Waals surface area contributed by atoms with Gasteiger partial charge in [-0.05, 0) is 54.4 Å². The third-order valence-electron chi connectivity index (χ3n) is 6.79. The van der Waals surface area contributed by atoms with Crippen molar-refractivity contribution >= 4 is 73.9 Å². The third-order valence-corrected chi connectivity index (χ3v) is 9.96. The lowest BCUT2D eigenvalue weighted by Gasteiger charge is -2.34. The largest absolute Gasteiger partial charge is 0.355 e. The maximum absolute atomic E-state index is 14.4. The number of halogens is 4. The molecule has 0 spiro atoms. The van der Waals surface area contributed by atoms with Gasteiger partial charge in [-0.1, -0.05) is 107 Å².